The molecular formula is C8H17NO2S. The minimum Gasteiger partial charge on any atom is -0.228 e. The van der Waals surface area contributed by atoms with Crippen molar-refractivity contribution in [1.29, 1.82) is 0 Å². The molecule has 2 unspecified atom stereocenters. The Bertz CT molecular complexity index is 233. The van der Waals surface area contributed by atoms with Crippen LogP contribution in [-0.4, -0.2) is 13.7 Å². The summed E-state index contributed by atoms with van der Waals surface area (Å²) in [6.45, 7) is 7.27. The molecule has 0 amide bonds. The van der Waals surface area contributed by atoms with Crippen molar-refractivity contribution in [2.24, 2.45) is 11.1 Å². The fraction of sp³-hybridized carbons (Fsp3) is 0.750. The molecule has 2 N–H and O–H groups in total. The van der Waals surface area contributed by atoms with Crippen molar-refractivity contribution in [1.82, 2.24) is 0 Å². The summed E-state index contributed by atoms with van der Waals surface area (Å²) in [6.07, 6.45) is 2.97. The van der Waals surface area contributed by atoms with Gasteiger partial charge in [0.25, 0.3) is 0 Å². The predicted molar refractivity (Wildman–Crippen MR) is 51.2 cm³/mol. The second kappa shape index (κ2) is 4.62. The standard InChI is InChI=1S/C8H17NO2S/c1-4-6-7(3)8(5-2)12(9,10)11/h4,7-8H,1,5-6H2,2-3H3,(H2,9,10,11). The minimum atomic E-state index is -3.38. The molecule has 0 aromatic rings. The molecule has 0 saturated heterocycles. The van der Waals surface area contributed by atoms with Gasteiger partial charge in [-0.2, -0.15) is 0 Å². The zero-order chi connectivity index (χ0) is 9.78. The SMILES string of the molecule is C=CCC(C)C(CC)S(N)(=O)=O. The number of sulfonamides is 1. The van der Waals surface area contributed by atoms with Gasteiger partial charge in [-0.05, 0) is 18.8 Å². The molecule has 0 aliphatic carbocycles. The molecule has 0 aliphatic rings. The van der Waals surface area contributed by atoms with Crippen LogP contribution in [0.1, 0.15) is 26.7 Å². The van der Waals surface area contributed by atoms with Crippen molar-refractivity contribution < 1.29 is 8.42 Å². The van der Waals surface area contributed by atoms with Crippen molar-refractivity contribution in [2.75, 3.05) is 0 Å². The van der Waals surface area contributed by atoms with E-state index < -0.39 is 15.3 Å². The van der Waals surface area contributed by atoms with E-state index in [9.17, 15) is 8.42 Å². The highest BCUT2D eigenvalue weighted by Crippen LogP contribution is 2.17. The Balaban J connectivity index is 4.45. The number of allylic oxidation sites excluding steroid dienone is 1. The molecule has 0 radical (unpaired) electrons. The van der Waals surface area contributed by atoms with E-state index in [2.05, 4.69) is 6.58 Å². The average molecular weight is 191 g/mol. The minimum absolute atomic E-state index is 0.0579. The number of rotatable bonds is 5. The second-order valence-corrected chi connectivity index (χ2v) is 4.82. The first-order valence-electron chi connectivity index (χ1n) is 4.06. The Hall–Kier alpha value is -0.350. The lowest BCUT2D eigenvalue weighted by Crippen LogP contribution is -2.33. The maximum Gasteiger partial charge on any atom is 0.212 e. The van der Waals surface area contributed by atoms with E-state index in [4.69, 9.17) is 5.14 Å². The topological polar surface area (TPSA) is 60.2 Å². The first kappa shape index (κ1) is 11.6. The lowest BCUT2D eigenvalue weighted by atomic mass is 10.0. The molecule has 2 atom stereocenters. The first-order chi connectivity index (χ1) is 5.43. The highest BCUT2D eigenvalue weighted by atomic mass is 32.2. The van der Waals surface area contributed by atoms with E-state index >= 15 is 0 Å². The summed E-state index contributed by atoms with van der Waals surface area (Å²) < 4.78 is 22.0. The van der Waals surface area contributed by atoms with E-state index in [0.717, 1.165) is 0 Å². The number of primary sulfonamides is 1. The molecule has 4 heteroatoms. The van der Waals surface area contributed by atoms with Gasteiger partial charge in [-0.3, -0.25) is 0 Å². The van der Waals surface area contributed by atoms with Gasteiger partial charge in [-0.25, -0.2) is 13.6 Å². The van der Waals surface area contributed by atoms with Crippen LogP contribution >= 0.6 is 0 Å². The van der Waals surface area contributed by atoms with Gasteiger partial charge in [0.1, 0.15) is 0 Å². The van der Waals surface area contributed by atoms with Crippen molar-refractivity contribution in [3.05, 3.63) is 12.7 Å². The monoisotopic (exact) mass is 191 g/mol. The van der Waals surface area contributed by atoms with Crippen LogP contribution in [0.3, 0.4) is 0 Å². The van der Waals surface area contributed by atoms with Crippen molar-refractivity contribution in [3.8, 4) is 0 Å². The van der Waals surface area contributed by atoms with Gasteiger partial charge in [0.05, 0.1) is 5.25 Å². The summed E-state index contributed by atoms with van der Waals surface area (Å²) in [5.41, 5.74) is 0. The molecule has 3 nitrogen and oxygen atoms in total. The highest BCUT2D eigenvalue weighted by Gasteiger charge is 2.24. The fourth-order valence-corrected chi connectivity index (χ4v) is 2.60. The summed E-state index contributed by atoms with van der Waals surface area (Å²) in [6, 6.07) is 0. The molecule has 12 heavy (non-hydrogen) atoms. The Kier molecular flexibility index (Phi) is 4.49. The van der Waals surface area contributed by atoms with Crippen LogP contribution in [0.2, 0.25) is 0 Å². The van der Waals surface area contributed by atoms with Gasteiger partial charge in [0.15, 0.2) is 0 Å². The second-order valence-electron chi connectivity index (χ2n) is 3.04. The van der Waals surface area contributed by atoms with E-state index in [-0.39, 0.29) is 5.92 Å². The summed E-state index contributed by atoms with van der Waals surface area (Å²) in [5, 5.41) is 4.62. The third-order valence-corrected chi connectivity index (χ3v) is 3.64. The quantitative estimate of drug-likeness (QED) is 0.665. The Morgan fingerprint density at radius 1 is 1.58 bits per heavy atom. The molecule has 0 aliphatic heterocycles. The Morgan fingerprint density at radius 3 is 2.33 bits per heavy atom. The van der Waals surface area contributed by atoms with E-state index in [1.54, 1.807) is 6.08 Å². The molecule has 0 aromatic carbocycles. The largest absolute Gasteiger partial charge is 0.228 e. The van der Waals surface area contributed by atoms with Crippen LogP contribution < -0.4 is 5.14 Å². The predicted octanol–water partition coefficient (Wildman–Crippen LogP) is 1.27. The molecule has 0 saturated carbocycles. The summed E-state index contributed by atoms with van der Waals surface area (Å²) >= 11 is 0. The third kappa shape index (κ3) is 3.36. The van der Waals surface area contributed by atoms with E-state index in [1.165, 1.54) is 0 Å². The van der Waals surface area contributed by atoms with Crippen LogP contribution in [0.5, 0.6) is 0 Å². The molecule has 0 aromatic heterocycles. The molecule has 0 rings (SSSR count). The van der Waals surface area contributed by atoms with E-state index in [0.29, 0.717) is 12.8 Å². The smallest absolute Gasteiger partial charge is 0.212 e. The van der Waals surface area contributed by atoms with E-state index in [1.807, 2.05) is 13.8 Å². The summed E-state index contributed by atoms with van der Waals surface area (Å²) in [4.78, 5) is 0. The maximum atomic E-state index is 11.0. The third-order valence-electron chi connectivity index (χ3n) is 2.00. The molecule has 0 heterocycles. The van der Waals surface area contributed by atoms with Crippen LogP contribution in [-0.2, 0) is 10.0 Å². The first-order valence-corrected chi connectivity index (χ1v) is 5.66. The lowest BCUT2D eigenvalue weighted by Gasteiger charge is -2.18. The molecule has 72 valence electrons. The van der Waals surface area contributed by atoms with Gasteiger partial charge >= 0.3 is 0 Å². The molecule has 0 fully saturated rings. The van der Waals surface area contributed by atoms with Crippen LogP contribution in [0.25, 0.3) is 0 Å². The number of hydrogen-bond acceptors (Lipinski definition) is 2. The Labute approximate surface area is 74.7 Å². The van der Waals surface area contributed by atoms with Crippen LogP contribution in [0.15, 0.2) is 12.7 Å². The Morgan fingerprint density at radius 2 is 2.08 bits per heavy atom. The average Bonchev–Trinajstić information content (AvgIpc) is 1.85. The maximum absolute atomic E-state index is 11.0. The zero-order valence-electron chi connectivity index (χ0n) is 7.66. The highest BCUT2D eigenvalue weighted by molar-refractivity contribution is 7.89. The normalized spacial score (nSPS) is 16.9. The van der Waals surface area contributed by atoms with Crippen molar-refractivity contribution >= 4 is 10.0 Å². The zero-order valence-corrected chi connectivity index (χ0v) is 8.47. The lowest BCUT2D eigenvalue weighted by molar-refractivity contribution is 0.499. The molecule has 0 bridgehead atoms. The van der Waals surface area contributed by atoms with Crippen molar-refractivity contribution in [3.63, 3.8) is 0 Å². The van der Waals surface area contributed by atoms with Crippen LogP contribution in [0.4, 0.5) is 0 Å². The van der Waals surface area contributed by atoms with Gasteiger partial charge in [0, 0.05) is 0 Å². The summed E-state index contributed by atoms with van der Waals surface area (Å²) in [5.74, 6) is 0.0579. The van der Waals surface area contributed by atoms with Gasteiger partial charge in [-0.1, -0.05) is 19.9 Å². The summed E-state index contributed by atoms with van der Waals surface area (Å²) in [7, 11) is -3.38. The van der Waals surface area contributed by atoms with Gasteiger partial charge in [-0.15, -0.1) is 6.58 Å². The van der Waals surface area contributed by atoms with Crippen molar-refractivity contribution in [2.45, 2.75) is 31.9 Å². The van der Waals surface area contributed by atoms with Gasteiger partial charge < -0.3 is 0 Å². The number of nitrogens with two attached hydrogens (primary N) is 1. The van der Waals surface area contributed by atoms with Gasteiger partial charge in [0.2, 0.25) is 10.0 Å². The fourth-order valence-electron chi connectivity index (χ4n) is 1.37. The number of hydrogen-bond donors (Lipinski definition) is 1. The molecular weight excluding hydrogens is 174 g/mol. The molecule has 0 spiro atoms. The van der Waals surface area contributed by atoms with Crippen LogP contribution in [0, 0.1) is 5.92 Å².